The summed E-state index contributed by atoms with van der Waals surface area (Å²) in [7, 11) is 0. The van der Waals surface area contributed by atoms with Gasteiger partial charge in [0.2, 0.25) is 5.91 Å². The van der Waals surface area contributed by atoms with Crippen molar-refractivity contribution in [1.82, 2.24) is 9.88 Å². The molecule has 0 bridgehead atoms. The number of anilines is 1. The Hall–Kier alpha value is -2.51. The van der Waals surface area contributed by atoms with E-state index in [1.165, 1.54) is 0 Å². The summed E-state index contributed by atoms with van der Waals surface area (Å²) in [6, 6.07) is 11.0. The standard InChI is InChI=1S/C20H21N3O2S2/c1-3-23(4-2)20(25)14-7-9-15(10-8-14)21-18(24)12-16-13-27-19(22-16)17-6-5-11-26-17/h5-11,13H,3-4,12H2,1-2H3,(H,21,24). The minimum absolute atomic E-state index is 0.00135. The molecule has 1 N–H and O–H groups in total. The van der Waals surface area contributed by atoms with Crippen LogP contribution in [0.3, 0.4) is 0 Å². The summed E-state index contributed by atoms with van der Waals surface area (Å²) in [5.41, 5.74) is 2.05. The summed E-state index contributed by atoms with van der Waals surface area (Å²) in [5.74, 6) is -0.123. The number of hydrogen-bond donors (Lipinski definition) is 1. The first-order chi connectivity index (χ1) is 13.1. The molecule has 0 unspecified atom stereocenters. The largest absolute Gasteiger partial charge is 0.339 e. The Morgan fingerprint density at radius 1 is 1.07 bits per heavy atom. The van der Waals surface area contributed by atoms with Crippen LogP contribution in [0.1, 0.15) is 29.9 Å². The van der Waals surface area contributed by atoms with Gasteiger partial charge >= 0.3 is 0 Å². The summed E-state index contributed by atoms with van der Waals surface area (Å²) in [6.45, 7) is 5.26. The zero-order valence-electron chi connectivity index (χ0n) is 15.3. The van der Waals surface area contributed by atoms with Crippen LogP contribution in [0.5, 0.6) is 0 Å². The lowest BCUT2D eigenvalue weighted by Crippen LogP contribution is -2.30. The van der Waals surface area contributed by atoms with Gasteiger partial charge in [-0.25, -0.2) is 4.98 Å². The average Bonchev–Trinajstić information content (AvgIpc) is 3.35. The van der Waals surface area contributed by atoms with E-state index in [1.807, 2.05) is 36.7 Å². The summed E-state index contributed by atoms with van der Waals surface area (Å²) in [4.78, 5) is 32.0. The number of hydrogen-bond acceptors (Lipinski definition) is 5. The maximum Gasteiger partial charge on any atom is 0.253 e. The van der Waals surface area contributed by atoms with Crippen molar-refractivity contribution < 1.29 is 9.59 Å². The van der Waals surface area contributed by atoms with Gasteiger partial charge in [0.1, 0.15) is 5.01 Å². The molecule has 5 nitrogen and oxygen atoms in total. The second-order valence-corrected chi connectivity index (χ2v) is 7.71. The minimum Gasteiger partial charge on any atom is -0.339 e. The Bertz CT molecular complexity index is 898. The zero-order chi connectivity index (χ0) is 19.2. The second-order valence-electron chi connectivity index (χ2n) is 5.90. The highest BCUT2D eigenvalue weighted by Gasteiger charge is 2.13. The Kier molecular flexibility index (Phi) is 6.36. The third kappa shape index (κ3) is 4.81. The van der Waals surface area contributed by atoms with E-state index in [4.69, 9.17) is 0 Å². The first-order valence-corrected chi connectivity index (χ1v) is 10.5. The van der Waals surface area contributed by atoms with Crippen LogP contribution in [0.2, 0.25) is 0 Å². The molecule has 3 rings (SSSR count). The first-order valence-electron chi connectivity index (χ1n) is 8.78. The van der Waals surface area contributed by atoms with Crippen molar-refractivity contribution in [2.24, 2.45) is 0 Å². The van der Waals surface area contributed by atoms with Crippen molar-refractivity contribution in [3.05, 3.63) is 58.4 Å². The van der Waals surface area contributed by atoms with Crippen LogP contribution < -0.4 is 5.32 Å². The predicted molar refractivity (Wildman–Crippen MR) is 111 cm³/mol. The number of amides is 2. The van der Waals surface area contributed by atoms with E-state index in [1.54, 1.807) is 51.8 Å². The molecule has 1 aromatic carbocycles. The number of rotatable bonds is 7. The van der Waals surface area contributed by atoms with Gasteiger partial charge in [0.25, 0.3) is 5.91 Å². The third-order valence-corrected chi connectivity index (χ3v) is 6.02. The van der Waals surface area contributed by atoms with Gasteiger partial charge in [0.15, 0.2) is 0 Å². The van der Waals surface area contributed by atoms with Crippen molar-refractivity contribution in [3.63, 3.8) is 0 Å². The first kappa shape index (κ1) is 19.3. The van der Waals surface area contributed by atoms with Crippen LogP contribution in [-0.2, 0) is 11.2 Å². The Labute approximate surface area is 166 Å². The van der Waals surface area contributed by atoms with Crippen LogP contribution in [-0.4, -0.2) is 34.8 Å². The number of nitrogens with zero attached hydrogens (tertiary/aromatic N) is 2. The lowest BCUT2D eigenvalue weighted by molar-refractivity contribution is -0.115. The van der Waals surface area contributed by atoms with Crippen molar-refractivity contribution in [1.29, 1.82) is 0 Å². The third-order valence-electron chi connectivity index (χ3n) is 4.09. The Morgan fingerprint density at radius 2 is 1.81 bits per heavy atom. The molecule has 27 heavy (non-hydrogen) atoms. The molecular formula is C20H21N3O2S2. The summed E-state index contributed by atoms with van der Waals surface area (Å²) < 4.78 is 0. The monoisotopic (exact) mass is 399 g/mol. The topological polar surface area (TPSA) is 62.3 Å². The van der Waals surface area contributed by atoms with Crippen LogP contribution >= 0.6 is 22.7 Å². The number of carbonyl (C=O) groups is 2. The molecule has 7 heteroatoms. The number of thiophene rings is 1. The molecule has 0 aliphatic heterocycles. The Balaban J connectivity index is 1.59. The SMILES string of the molecule is CCN(CC)C(=O)c1ccc(NC(=O)Cc2csc(-c3cccs3)n2)cc1. The van der Waals surface area contributed by atoms with Gasteiger partial charge in [-0.3, -0.25) is 9.59 Å². The van der Waals surface area contributed by atoms with E-state index in [0.29, 0.717) is 24.3 Å². The van der Waals surface area contributed by atoms with Crippen LogP contribution in [0.15, 0.2) is 47.2 Å². The van der Waals surface area contributed by atoms with Gasteiger partial charge in [0, 0.05) is 29.7 Å². The quantitative estimate of drug-likeness (QED) is 0.635. The summed E-state index contributed by atoms with van der Waals surface area (Å²) in [6.07, 6.45) is 0.224. The number of aromatic nitrogens is 1. The predicted octanol–water partition coefficient (Wildman–Crippen LogP) is 4.53. The van der Waals surface area contributed by atoms with Crippen LogP contribution in [0.25, 0.3) is 9.88 Å². The van der Waals surface area contributed by atoms with Gasteiger partial charge in [-0.2, -0.15) is 0 Å². The number of carbonyl (C=O) groups excluding carboxylic acids is 2. The van der Waals surface area contributed by atoms with Gasteiger partial charge in [-0.15, -0.1) is 22.7 Å². The molecule has 2 heterocycles. The molecule has 140 valence electrons. The van der Waals surface area contributed by atoms with Crippen LogP contribution in [0, 0.1) is 0 Å². The molecule has 0 saturated heterocycles. The highest BCUT2D eigenvalue weighted by atomic mass is 32.1. The molecule has 0 fully saturated rings. The fraction of sp³-hybridized carbons (Fsp3) is 0.250. The van der Waals surface area contributed by atoms with Gasteiger partial charge in [-0.1, -0.05) is 6.07 Å². The fourth-order valence-corrected chi connectivity index (χ4v) is 4.29. The average molecular weight is 400 g/mol. The van der Waals surface area contributed by atoms with Gasteiger partial charge < -0.3 is 10.2 Å². The summed E-state index contributed by atoms with van der Waals surface area (Å²) >= 11 is 3.18. The smallest absolute Gasteiger partial charge is 0.253 e. The van der Waals surface area contributed by atoms with Crippen molar-refractivity contribution >= 4 is 40.2 Å². The minimum atomic E-state index is -0.124. The van der Waals surface area contributed by atoms with E-state index in [0.717, 1.165) is 15.6 Å². The van der Waals surface area contributed by atoms with Crippen molar-refractivity contribution in [2.45, 2.75) is 20.3 Å². The number of thiazole rings is 1. The van der Waals surface area contributed by atoms with E-state index in [2.05, 4.69) is 10.3 Å². The zero-order valence-corrected chi connectivity index (χ0v) is 16.9. The lowest BCUT2D eigenvalue weighted by Gasteiger charge is -2.18. The summed E-state index contributed by atoms with van der Waals surface area (Å²) in [5, 5.41) is 7.73. The molecule has 0 aliphatic carbocycles. The maximum absolute atomic E-state index is 12.3. The molecule has 0 atom stereocenters. The van der Waals surface area contributed by atoms with Gasteiger partial charge in [-0.05, 0) is 49.6 Å². The molecule has 3 aromatic rings. The fourth-order valence-electron chi connectivity index (χ4n) is 2.66. The van der Waals surface area contributed by atoms with Crippen molar-refractivity contribution in [2.75, 3.05) is 18.4 Å². The van der Waals surface area contributed by atoms with Crippen molar-refractivity contribution in [3.8, 4) is 9.88 Å². The molecule has 0 radical (unpaired) electrons. The number of benzene rings is 1. The second kappa shape index (κ2) is 8.92. The molecule has 0 spiro atoms. The molecule has 2 amide bonds. The highest BCUT2D eigenvalue weighted by molar-refractivity contribution is 7.20. The van der Waals surface area contributed by atoms with E-state index < -0.39 is 0 Å². The van der Waals surface area contributed by atoms with Gasteiger partial charge in [0.05, 0.1) is 17.0 Å². The molecule has 0 aliphatic rings. The lowest BCUT2D eigenvalue weighted by atomic mass is 10.1. The normalized spacial score (nSPS) is 10.6. The maximum atomic E-state index is 12.3. The molecular weight excluding hydrogens is 378 g/mol. The van der Waals surface area contributed by atoms with Crippen LogP contribution in [0.4, 0.5) is 5.69 Å². The highest BCUT2D eigenvalue weighted by Crippen LogP contribution is 2.28. The Morgan fingerprint density at radius 3 is 2.44 bits per heavy atom. The number of nitrogens with one attached hydrogen (secondary N) is 1. The van der Waals surface area contributed by atoms with E-state index in [9.17, 15) is 9.59 Å². The van der Waals surface area contributed by atoms with E-state index >= 15 is 0 Å². The molecule has 0 saturated carbocycles. The molecule has 2 aromatic heterocycles. The van der Waals surface area contributed by atoms with E-state index in [-0.39, 0.29) is 18.2 Å².